The summed E-state index contributed by atoms with van der Waals surface area (Å²) in [6.45, 7) is 3.41. The molecule has 0 bridgehead atoms. The average molecular weight is 309 g/mol. The summed E-state index contributed by atoms with van der Waals surface area (Å²) in [7, 11) is 0. The predicted octanol–water partition coefficient (Wildman–Crippen LogP) is 3.73. The van der Waals surface area contributed by atoms with Gasteiger partial charge in [0, 0.05) is 12.3 Å². The van der Waals surface area contributed by atoms with Gasteiger partial charge >= 0.3 is 0 Å². The van der Waals surface area contributed by atoms with Crippen LogP contribution in [-0.2, 0) is 0 Å². The van der Waals surface area contributed by atoms with Gasteiger partial charge in [-0.25, -0.2) is 0 Å². The van der Waals surface area contributed by atoms with Crippen molar-refractivity contribution in [1.82, 2.24) is 10.1 Å². The highest BCUT2D eigenvalue weighted by Gasteiger charge is 2.19. The lowest BCUT2D eigenvalue weighted by molar-refractivity contribution is 0.102. The van der Waals surface area contributed by atoms with Crippen molar-refractivity contribution >= 4 is 11.6 Å². The molecule has 6 heteroatoms. The molecule has 1 amide bonds. The number of rotatable bonds is 4. The number of aromatic nitrogens is 2. The van der Waals surface area contributed by atoms with E-state index in [9.17, 15) is 4.79 Å². The van der Waals surface area contributed by atoms with Gasteiger partial charge in [0.25, 0.3) is 5.91 Å². The Kier molecular flexibility index (Phi) is 4.05. The van der Waals surface area contributed by atoms with Crippen LogP contribution >= 0.6 is 0 Å². The number of amides is 1. The Hall–Kier alpha value is -3.15. The van der Waals surface area contributed by atoms with Crippen LogP contribution in [0.4, 0.5) is 5.69 Å². The maximum absolute atomic E-state index is 12.4. The SMILES string of the molecule is Cc1noc(C)c1C(=O)Nc1cnccc1Oc1ccccc1. The molecule has 2 heterocycles. The molecule has 0 fully saturated rings. The van der Waals surface area contributed by atoms with Gasteiger partial charge in [-0.2, -0.15) is 0 Å². The van der Waals surface area contributed by atoms with Gasteiger partial charge < -0.3 is 14.6 Å². The summed E-state index contributed by atoms with van der Waals surface area (Å²) in [4.78, 5) is 16.5. The van der Waals surface area contributed by atoms with Crippen LogP contribution in [0, 0.1) is 13.8 Å². The second-order valence-corrected chi connectivity index (χ2v) is 4.94. The Labute approximate surface area is 133 Å². The molecule has 0 saturated carbocycles. The molecule has 0 aliphatic rings. The fourth-order valence-electron chi connectivity index (χ4n) is 2.17. The Balaban J connectivity index is 1.85. The number of hydrogen-bond acceptors (Lipinski definition) is 5. The van der Waals surface area contributed by atoms with Gasteiger partial charge in [-0.3, -0.25) is 9.78 Å². The van der Waals surface area contributed by atoms with E-state index < -0.39 is 0 Å². The van der Waals surface area contributed by atoms with Gasteiger partial charge in [0.2, 0.25) is 0 Å². The van der Waals surface area contributed by atoms with E-state index in [0.717, 1.165) is 0 Å². The number of benzene rings is 1. The molecule has 0 unspecified atom stereocenters. The number of anilines is 1. The molecule has 1 N–H and O–H groups in total. The third-order valence-electron chi connectivity index (χ3n) is 3.26. The molecule has 3 aromatic rings. The minimum Gasteiger partial charge on any atom is -0.455 e. The summed E-state index contributed by atoms with van der Waals surface area (Å²) in [6, 6.07) is 11.0. The second-order valence-electron chi connectivity index (χ2n) is 4.94. The van der Waals surface area contributed by atoms with Crippen LogP contribution in [0.1, 0.15) is 21.8 Å². The minimum atomic E-state index is -0.313. The summed E-state index contributed by atoms with van der Waals surface area (Å²) >= 11 is 0. The third-order valence-corrected chi connectivity index (χ3v) is 3.26. The first-order valence-electron chi connectivity index (χ1n) is 7.06. The highest BCUT2D eigenvalue weighted by Crippen LogP contribution is 2.29. The van der Waals surface area contributed by atoms with Gasteiger partial charge in [0.05, 0.1) is 11.9 Å². The number of para-hydroxylation sites is 1. The van der Waals surface area contributed by atoms with E-state index in [-0.39, 0.29) is 5.91 Å². The lowest BCUT2D eigenvalue weighted by Gasteiger charge is -2.11. The molecule has 23 heavy (non-hydrogen) atoms. The number of ether oxygens (including phenoxy) is 1. The summed E-state index contributed by atoms with van der Waals surface area (Å²) in [5.74, 6) is 1.33. The van der Waals surface area contributed by atoms with E-state index in [1.807, 2.05) is 30.3 Å². The van der Waals surface area contributed by atoms with Crippen LogP contribution in [0.5, 0.6) is 11.5 Å². The average Bonchev–Trinajstić information content (AvgIpc) is 2.89. The first-order chi connectivity index (χ1) is 11.1. The molecular formula is C17H15N3O3. The van der Waals surface area contributed by atoms with Gasteiger partial charge in [-0.15, -0.1) is 0 Å². The third kappa shape index (κ3) is 3.21. The van der Waals surface area contributed by atoms with Gasteiger partial charge in [0.1, 0.15) is 22.8 Å². The highest BCUT2D eigenvalue weighted by atomic mass is 16.5. The van der Waals surface area contributed by atoms with E-state index in [4.69, 9.17) is 9.26 Å². The molecule has 0 aliphatic carbocycles. The van der Waals surface area contributed by atoms with Crippen molar-refractivity contribution in [1.29, 1.82) is 0 Å². The fourth-order valence-corrected chi connectivity index (χ4v) is 2.17. The first kappa shape index (κ1) is 14.8. The predicted molar refractivity (Wildman–Crippen MR) is 84.7 cm³/mol. The minimum absolute atomic E-state index is 0.313. The van der Waals surface area contributed by atoms with Gasteiger partial charge in [0.15, 0.2) is 5.75 Å². The van der Waals surface area contributed by atoms with Crippen LogP contribution in [0.3, 0.4) is 0 Å². The standard InChI is InChI=1S/C17H15N3O3/c1-11-16(12(2)23-20-11)17(21)19-14-10-18-9-8-15(14)22-13-6-4-3-5-7-13/h3-10H,1-2H3,(H,19,21). The number of hydrogen-bond donors (Lipinski definition) is 1. The second kappa shape index (κ2) is 6.31. The number of aryl methyl sites for hydroxylation is 2. The maximum Gasteiger partial charge on any atom is 0.261 e. The molecule has 0 aliphatic heterocycles. The van der Waals surface area contributed by atoms with E-state index in [0.29, 0.717) is 34.2 Å². The zero-order chi connectivity index (χ0) is 16.2. The number of pyridine rings is 1. The Morgan fingerprint density at radius 2 is 1.96 bits per heavy atom. The van der Waals surface area contributed by atoms with Gasteiger partial charge in [-0.05, 0) is 26.0 Å². The molecule has 0 spiro atoms. The molecule has 116 valence electrons. The number of carbonyl (C=O) groups excluding carboxylic acids is 1. The topological polar surface area (TPSA) is 77.3 Å². The molecule has 6 nitrogen and oxygen atoms in total. The molecular weight excluding hydrogens is 294 g/mol. The summed E-state index contributed by atoms with van der Waals surface area (Å²) < 4.78 is 10.8. The van der Waals surface area contributed by atoms with Crippen molar-refractivity contribution in [2.75, 3.05) is 5.32 Å². The van der Waals surface area contributed by atoms with Crippen LogP contribution in [0.2, 0.25) is 0 Å². The monoisotopic (exact) mass is 309 g/mol. The van der Waals surface area contributed by atoms with Crippen molar-refractivity contribution in [2.45, 2.75) is 13.8 Å². The molecule has 2 aromatic heterocycles. The number of nitrogens with zero attached hydrogens (tertiary/aromatic N) is 2. The van der Waals surface area contributed by atoms with E-state index in [1.54, 1.807) is 26.1 Å². The number of nitrogens with one attached hydrogen (secondary N) is 1. The molecule has 0 radical (unpaired) electrons. The van der Waals surface area contributed by atoms with Crippen molar-refractivity contribution < 1.29 is 14.1 Å². The molecule has 0 atom stereocenters. The van der Waals surface area contributed by atoms with E-state index in [2.05, 4.69) is 15.5 Å². The lowest BCUT2D eigenvalue weighted by Crippen LogP contribution is -2.14. The van der Waals surface area contributed by atoms with Gasteiger partial charge in [-0.1, -0.05) is 23.4 Å². The first-order valence-corrected chi connectivity index (χ1v) is 7.06. The fraction of sp³-hybridized carbons (Fsp3) is 0.118. The quantitative estimate of drug-likeness (QED) is 0.794. The molecule has 3 rings (SSSR count). The zero-order valence-electron chi connectivity index (χ0n) is 12.7. The van der Waals surface area contributed by atoms with Crippen molar-refractivity contribution in [3.05, 3.63) is 65.8 Å². The lowest BCUT2D eigenvalue weighted by atomic mass is 10.2. The number of carbonyl (C=O) groups is 1. The van der Waals surface area contributed by atoms with Crippen LogP contribution < -0.4 is 10.1 Å². The Bertz CT molecular complexity index is 809. The Morgan fingerprint density at radius 1 is 1.17 bits per heavy atom. The Morgan fingerprint density at radius 3 is 2.65 bits per heavy atom. The van der Waals surface area contributed by atoms with Crippen molar-refractivity contribution in [3.63, 3.8) is 0 Å². The molecule has 1 aromatic carbocycles. The van der Waals surface area contributed by atoms with Crippen molar-refractivity contribution in [3.8, 4) is 11.5 Å². The largest absolute Gasteiger partial charge is 0.455 e. The summed E-state index contributed by atoms with van der Waals surface area (Å²) in [6.07, 6.45) is 3.14. The highest BCUT2D eigenvalue weighted by molar-refractivity contribution is 6.06. The zero-order valence-corrected chi connectivity index (χ0v) is 12.7. The summed E-state index contributed by atoms with van der Waals surface area (Å²) in [5.41, 5.74) is 1.43. The van der Waals surface area contributed by atoms with Crippen molar-refractivity contribution in [2.24, 2.45) is 0 Å². The van der Waals surface area contributed by atoms with E-state index >= 15 is 0 Å². The molecule has 0 saturated heterocycles. The van der Waals surface area contributed by atoms with Crippen LogP contribution in [0.25, 0.3) is 0 Å². The van der Waals surface area contributed by atoms with Crippen LogP contribution in [-0.4, -0.2) is 16.0 Å². The normalized spacial score (nSPS) is 10.3. The smallest absolute Gasteiger partial charge is 0.261 e. The van der Waals surface area contributed by atoms with E-state index in [1.165, 1.54) is 6.20 Å². The summed E-state index contributed by atoms with van der Waals surface area (Å²) in [5, 5.41) is 6.57. The maximum atomic E-state index is 12.4. The van der Waals surface area contributed by atoms with Crippen LogP contribution in [0.15, 0.2) is 53.3 Å².